The maximum atomic E-state index is 11.6. The molecule has 4 heteroatoms. The Morgan fingerprint density at radius 3 is 2.81 bits per heavy atom. The van der Waals surface area contributed by atoms with Crippen LogP contribution in [0.2, 0.25) is 0 Å². The summed E-state index contributed by atoms with van der Waals surface area (Å²) in [5, 5.41) is 2.87. The van der Waals surface area contributed by atoms with Crippen LogP contribution >= 0.6 is 0 Å². The zero-order valence-corrected chi connectivity index (χ0v) is 10.3. The van der Waals surface area contributed by atoms with Gasteiger partial charge >= 0.3 is 0 Å². The van der Waals surface area contributed by atoms with Gasteiger partial charge in [-0.1, -0.05) is 6.92 Å². The third kappa shape index (κ3) is 4.31. The van der Waals surface area contributed by atoms with Crippen LogP contribution in [-0.2, 0) is 9.59 Å². The van der Waals surface area contributed by atoms with Crippen LogP contribution in [0.4, 0.5) is 0 Å². The maximum Gasteiger partial charge on any atom is 0.234 e. The number of likely N-dealkylation sites (tertiary alicyclic amines) is 1. The van der Waals surface area contributed by atoms with Crippen LogP contribution in [0.15, 0.2) is 0 Å². The lowest BCUT2D eigenvalue weighted by Gasteiger charge is -2.22. The van der Waals surface area contributed by atoms with Gasteiger partial charge in [-0.2, -0.15) is 0 Å². The van der Waals surface area contributed by atoms with E-state index in [-0.39, 0.29) is 17.7 Å². The van der Waals surface area contributed by atoms with Gasteiger partial charge in [0.05, 0.1) is 6.54 Å². The van der Waals surface area contributed by atoms with Crippen molar-refractivity contribution in [2.75, 3.05) is 19.6 Å². The zero-order valence-electron chi connectivity index (χ0n) is 10.3. The first-order chi connectivity index (χ1) is 7.63. The summed E-state index contributed by atoms with van der Waals surface area (Å²) >= 11 is 0. The molecule has 0 radical (unpaired) electrons. The second-order valence-electron chi connectivity index (χ2n) is 4.52. The molecule has 1 atom stereocenters. The lowest BCUT2D eigenvalue weighted by Crippen LogP contribution is -2.40. The summed E-state index contributed by atoms with van der Waals surface area (Å²) in [6.45, 7) is 5.78. The van der Waals surface area contributed by atoms with Crippen LogP contribution in [0.3, 0.4) is 0 Å². The summed E-state index contributed by atoms with van der Waals surface area (Å²) in [5.41, 5.74) is 0. The molecule has 1 saturated heterocycles. The van der Waals surface area contributed by atoms with Crippen molar-refractivity contribution in [1.82, 2.24) is 10.2 Å². The maximum absolute atomic E-state index is 11.6. The van der Waals surface area contributed by atoms with Crippen LogP contribution in [0.25, 0.3) is 0 Å². The van der Waals surface area contributed by atoms with E-state index in [4.69, 9.17) is 0 Å². The summed E-state index contributed by atoms with van der Waals surface area (Å²) in [4.78, 5) is 24.8. The normalized spacial score (nSPS) is 21.0. The van der Waals surface area contributed by atoms with Gasteiger partial charge in [0.1, 0.15) is 5.78 Å². The van der Waals surface area contributed by atoms with E-state index in [1.54, 1.807) is 6.92 Å². The monoisotopic (exact) mass is 226 g/mol. The molecule has 0 aromatic rings. The van der Waals surface area contributed by atoms with Gasteiger partial charge in [0, 0.05) is 19.0 Å². The Balaban J connectivity index is 2.34. The van der Waals surface area contributed by atoms with Crippen LogP contribution in [0.1, 0.15) is 39.5 Å². The Hall–Kier alpha value is -0.900. The minimum atomic E-state index is 0.0808. The lowest BCUT2D eigenvalue weighted by molar-refractivity contribution is -0.123. The van der Waals surface area contributed by atoms with E-state index in [0.717, 1.165) is 32.4 Å². The fourth-order valence-corrected chi connectivity index (χ4v) is 2.17. The van der Waals surface area contributed by atoms with E-state index in [2.05, 4.69) is 10.2 Å². The predicted molar refractivity (Wildman–Crippen MR) is 63.2 cm³/mol. The van der Waals surface area contributed by atoms with E-state index in [1.807, 2.05) is 6.92 Å². The molecule has 0 saturated carbocycles. The lowest BCUT2D eigenvalue weighted by atomic mass is 10.1. The van der Waals surface area contributed by atoms with Crippen molar-refractivity contribution in [2.45, 2.75) is 45.6 Å². The highest BCUT2D eigenvalue weighted by molar-refractivity contribution is 5.78. The number of nitrogens with zero attached hydrogens (tertiary/aromatic N) is 1. The average Bonchev–Trinajstić information content (AvgIpc) is 2.62. The molecule has 1 fully saturated rings. The fourth-order valence-electron chi connectivity index (χ4n) is 2.17. The number of amides is 1. The Labute approximate surface area is 97.4 Å². The second-order valence-corrected chi connectivity index (χ2v) is 4.52. The molecule has 0 aromatic carbocycles. The molecule has 0 aliphatic carbocycles. The predicted octanol–water partition coefficient (Wildman–Crippen LogP) is 0.956. The smallest absolute Gasteiger partial charge is 0.234 e. The van der Waals surface area contributed by atoms with Gasteiger partial charge < -0.3 is 5.32 Å². The van der Waals surface area contributed by atoms with Crippen molar-refractivity contribution in [3.8, 4) is 0 Å². The highest BCUT2D eigenvalue weighted by atomic mass is 16.2. The number of ketones is 1. The van der Waals surface area contributed by atoms with E-state index in [0.29, 0.717) is 13.0 Å². The number of carbonyl (C=O) groups is 2. The molecule has 1 unspecified atom stereocenters. The third-order valence-electron chi connectivity index (χ3n) is 2.94. The quantitative estimate of drug-likeness (QED) is 0.734. The first-order valence-corrected chi connectivity index (χ1v) is 6.13. The largest absolute Gasteiger partial charge is 0.355 e. The Morgan fingerprint density at radius 2 is 2.19 bits per heavy atom. The van der Waals surface area contributed by atoms with Crippen molar-refractivity contribution in [1.29, 1.82) is 0 Å². The zero-order chi connectivity index (χ0) is 12.0. The Bertz CT molecular complexity index is 253. The van der Waals surface area contributed by atoms with E-state index >= 15 is 0 Å². The van der Waals surface area contributed by atoms with Crippen molar-refractivity contribution >= 4 is 11.7 Å². The van der Waals surface area contributed by atoms with Crippen LogP contribution < -0.4 is 5.32 Å². The molecular formula is C12H22N2O2. The number of Topliss-reactive ketones (excluding diaryl/α,β-unsaturated/α-hetero) is 1. The Kier molecular flexibility index (Phi) is 5.46. The summed E-state index contributed by atoms with van der Waals surface area (Å²) in [7, 11) is 0. The van der Waals surface area contributed by atoms with Gasteiger partial charge in [0.2, 0.25) is 5.91 Å². The van der Waals surface area contributed by atoms with Gasteiger partial charge in [0.15, 0.2) is 0 Å². The minimum absolute atomic E-state index is 0.0808. The van der Waals surface area contributed by atoms with Gasteiger partial charge in [-0.05, 0) is 32.7 Å². The molecule has 1 rings (SSSR count). The standard InChI is InChI=1S/C12H22N2O2/c1-3-6-13-12(16)9-14-7-4-5-11(14)8-10(2)15/h11H,3-9H2,1-2H3,(H,13,16). The fraction of sp³-hybridized carbons (Fsp3) is 0.833. The van der Waals surface area contributed by atoms with Gasteiger partial charge in [0.25, 0.3) is 0 Å². The molecule has 4 nitrogen and oxygen atoms in total. The second kappa shape index (κ2) is 6.63. The molecule has 0 bridgehead atoms. The molecule has 1 amide bonds. The molecule has 16 heavy (non-hydrogen) atoms. The molecular weight excluding hydrogens is 204 g/mol. The van der Waals surface area contributed by atoms with E-state index in [9.17, 15) is 9.59 Å². The average molecular weight is 226 g/mol. The molecule has 92 valence electrons. The molecule has 0 aromatic heterocycles. The number of hydrogen-bond acceptors (Lipinski definition) is 3. The van der Waals surface area contributed by atoms with Crippen LogP contribution in [-0.4, -0.2) is 42.3 Å². The van der Waals surface area contributed by atoms with Gasteiger partial charge in [-0.15, -0.1) is 0 Å². The Morgan fingerprint density at radius 1 is 1.44 bits per heavy atom. The third-order valence-corrected chi connectivity index (χ3v) is 2.94. The minimum Gasteiger partial charge on any atom is -0.355 e. The van der Waals surface area contributed by atoms with Crippen molar-refractivity contribution in [3.63, 3.8) is 0 Å². The number of rotatable bonds is 6. The van der Waals surface area contributed by atoms with Gasteiger partial charge in [-0.25, -0.2) is 0 Å². The summed E-state index contributed by atoms with van der Waals surface area (Å²) in [6, 6.07) is 0.282. The highest BCUT2D eigenvalue weighted by Crippen LogP contribution is 2.19. The number of hydrogen-bond donors (Lipinski definition) is 1. The first-order valence-electron chi connectivity index (χ1n) is 6.13. The first kappa shape index (κ1) is 13.2. The SMILES string of the molecule is CCCNC(=O)CN1CCCC1CC(C)=O. The van der Waals surface area contributed by atoms with Crippen LogP contribution in [0.5, 0.6) is 0 Å². The van der Waals surface area contributed by atoms with Crippen LogP contribution in [0, 0.1) is 0 Å². The topological polar surface area (TPSA) is 49.4 Å². The van der Waals surface area contributed by atoms with E-state index < -0.39 is 0 Å². The summed E-state index contributed by atoms with van der Waals surface area (Å²) < 4.78 is 0. The van der Waals surface area contributed by atoms with Gasteiger partial charge in [-0.3, -0.25) is 14.5 Å². The summed E-state index contributed by atoms with van der Waals surface area (Å²) in [6.07, 6.45) is 3.68. The number of carbonyl (C=O) groups excluding carboxylic acids is 2. The van der Waals surface area contributed by atoms with E-state index in [1.165, 1.54) is 0 Å². The van der Waals surface area contributed by atoms with Crippen molar-refractivity contribution in [2.24, 2.45) is 0 Å². The summed E-state index contributed by atoms with van der Waals surface area (Å²) in [5.74, 6) is 0.295. The molecule has 1 aliphatic heterocycles. The molecule has 1 N–H and O–H groups in total. The molecule has 1 aliphatic rings. The molecule has 1 heterocycles. The highest BCUT2D eigenvalue weighted by Gasteiger charge is 2.26. The van der Waals surface area contributed by atoms with Crippen molar-refractivity contribution < 1.29 is 9.59 Å². The number of nitrogens with one attached hydrogen (secondary N) is 1. The molecule has 0 spiro atoms. The van der Waals surface area contributed by atoms with Crippen molar-refractivity contribution in [3.05, 3.63) is 0 Å².